The molecule has 1 fully saturated rings. The van der Waals surface area contributed by atoms with E-state index in [-0.39, 0.29) is 16.8 Å². The van der Waals surface area contributed by atoms with Gasteiger partial charge in [0.2, 0.25) is 10.0 Å². The molecular formula is C19H26N3O4S2+. The van der Waals surface area contributed by atoms with Gasteiger partial charge in [-0.15, -0.1) is 11.3 Å². The van der Waals surface area contributed by atoms with Crippen LogP contribution >= 0.6 is 11.3 Å². The SMILES string of the molecule is CN(C)S(=O)(=O)c1ccc(C(=O)NC[C@H](c2cccs2)[NH+]2CCOCC2)cc1. The van der Waals surface area contributed by atoms with Gasteiger partial charge in [0.05, 0.1) is 29.5 Å². The number of thiophene rings is 1. The maximum absolute atomic E-state index is 12.6. The lowest BCUT2D eigenvalue weighted by molar-refractivity contribution is -0.937. The number of rotatable bonds is 7. The van der Waals surface area contributed by atoms with Crippen molar-refractivity contribution in [1.29, 1.82) is 0 Å². The minimum Gasteiger partial charge on any atom is -0.370 e. The highest BCUT2D eigenvalue weighted by atomic mass is 32.2. The summed E-state index contributed by atoms with van der Waals surface area (Å²) in [7, 11) is -0.540. The Balaban J connectivity index is 1.67. The van der Waals surface area contributed by atoms with Crippen molar-refractivity contribution in [3.05, 3.63) is 52.2 Å². The van der Waals surface area contributed by atoms with E-state index in [9.17, 15) is 13.2 Å². The van der Waals surface area contributed by atoms with Gasteiger partial charge < -0.3 is 15.0 Å². The molecule has 1 aromatic heterocycles. The number of carbonyl (C=O) groups excluding carboxylic acids is 1. The van der Waals surface area contributed by atoms with E-state index >= 15 is 0 Å². The van der Waals surface area contributed by atoms with E-state index in [0.29, 0.717) is 12.1 Å². The molecule has 7 nitrogen and oxygen atoms in total. The molecule has 9 heteroatoms. The predicted octanol–water partition coefficient (Wildman–Crippen LogP) is 0.385. The number of hydrogen-bond donors (Lipinski definition) is 2. The molecule has 0 saturated carbocycles. The van der Waals surface area contributed by atoms with Gasteiger partial charge in [-0.1, -0.05) is 6.07 Å². The molecule has 1 amide bonds. The number of amides is 1. The van der Waals surface area contributed by atoms with Crippen molar-refractivity contribution in [3.63, 3.8) is 0 Å². The summed E-state index contributed by atoms with van der Waals surface area (Å²) < 4.78 is 30.9. The van der Waals surface area contributed by atoms with Crippen LogP contribution < -0.4 is 10.2 Å². The summed E-state index contributed by atoms with van der Waals surface area (Å²) in [6.45, 7) is 3.80. The Morgan fingerprint density at radius 3 is 2.46 bits per heavy atom. The summed E-state index contributed by atoms with van der Waals surface area (Å²) in [5.41, 5.74) is 0.444. The van der Waals surface area contributed by atoms with E-state index in [4.69, 9.17) is 4.74 Å². The van der Waals surface area contributed by atoms with E-state index in [2.05, 4.69) is 11.4 Å². The zero-order valence-corrected chi connectivity index (χ0v) is 17.7. The van der Waals surface area contributed by atoms with Crippen molar-refractivity contribution in [2.45, 2.75) is 10.9 Å². The number of nitrogens with one attached hydrogen (secondary N) is 2. The number of benzene rings is 1. The third-order valence-electron chi connectivity index (χ3n) is 4.88. The molecule has 28 heavy (non-hydrogen) atoms. The molecule has 1 saturated heterocycles. The Morgan fingerprint density at radius 2 is 1.89 bits per heavy atom. The predicted molar refractivity (Wildman–Crippen MR) is 108 cm³/mol. The van der Waals surface area contributed by atoms with Gasteiger partial charge in [0.15, 0.2) is 0 Å². The normalized spacial score (nSPS) is 16.8. The van der Waals surface area contributed by atoms with Crippen LogP contribution in [-0.2, 0) is 14.8 Å². The van der Waals surface area contributed by atoms with Crippen molar-refractivity contribution in [2.24, 2.45) is 0 Å². The maximum Gasteiger partial charge on any atom is 0.251 e. The van der Waals surface area contributed by atoms with Gasteiger partial charge in [0.1, 0.15) is 19.1 Å². The lowest BCUT2D eigenvalue weighted by atomic mass is 10.1. The summed E-state index contributed by atoms with van der Waals surface area (Å²) in [6.07, 6.45) is 0. The summed E-state index contributed by atoms with van der Waals surface area (Å²) in [4.78, 5) is 15.4. The second-order valence-electron chi connectivity index (χ2n) is 6.86. The van der Waals surface area contributed by atoms with Gasteiger partial charge >= 0.3 is 0 Å². The Bertz CT molecular complexity index is 874. The molecular weight excluding hydrogens is 398 g/mol. The molecule has 1 aliphatic heterocycles. The van der Waals surface area contributed by atoms with Gasteiger partial charge in [-0.05, 0) is 35.7 Å². The van der Waals surface area contributed by atoms with E-state index in [1.807, 2.05) is 11.4 Å². The first-order chi connectivity index (χ1) is 13.4. The monoisotopic (exact) mass is 424 g/mol. The van der Waals surface area contributed by atoms with Crippen LogP contribution in [0.1, 0.15) is 21.3 Å². The Hall–Kier alpha value is -1.78. The molecule has 1 atom stereocenters. The van der Waals surface area contributed by atoms with Gasteiger partial charge in [0, 0.05) is 19.7 Å². The fourth-order valence-electron chi connectivity index (χ4n) is 3.20. The number of sulfonamides is 1. The highest BCUT2D eigenvalue weighted by Crippen LogP contribution is 2.17. The number of ether oxygens (including phenoxy) is 1. The molecule has 0 radical (unpaired) electrons. The zero-order chi connectivity index (χ0) is 20.1. The van der Waals surface area contributed by atoms with Gasteiger partial charge in [0.25, 0.3) is 5.91 Å². The number of carbonyl (C=O) groups is 1. The minimum atomic E-state index is -3.50. The molecule has 2 heterocycles. The van der Waals surface area contributed by atoms with E-state index in [1.54, 1.807) is 23.5 Å². The molecule has 0 unspecified atom stereocenters. The number of quaternary nitrogens is 1. The van der Waals surface area contributed by atoms with E-state index in [1.165, 1.54) is 36.0 Å². The van der Waals surface area contributed by atoms with Crippen LogP contribution in [0.2, 0.25) is 0 Å². The summed E-state index contributed by atoms with van der Waals surface area (Å²) >= 11 is 1.70. The van der Waals surface area contributed by atoms with Crippen LogP contribution in [0.4, 0.5) is 0 Å². The minimum absolute atomic E-state index is 0.170. The topological polar surface area (TPSA) is 80.2 Å². The zero-order valence-electron chi connectivity index (χ0n) is 16.1. The van der Waals surface area contributed by atoms with Crippen molar-refractivity contribution in [1.82, 2.24) is 9.62 Å². The highest BCUT2D eigenvalue weighted by molar-refractivity contribution is 7.89. The second-order valence-corrected chi connectivity index (χ2v) is 9.99. The molecule has 3 rings (SSSR count). The summed E-state index contributed by atoms with van der Waals surface area (Å²) in [6, 6.07) is 10.3. The van der Waals surface area contributed by atoms with Crippen LogP contribution in [0.25, 0.3) is 0 Å². The summed E-state index contributed by atoms with van der Waals surface area (Å²) in [5, 5.41) is 5.06. The number of nitrogens with zero attached hydrogens (tertiary/aromatic N) is 1. The summed E-state index contributed by atoms with van der Waals surface area (Å²) in [5.74, 6) is -0.206. The molecule has 2 N–H and O–H groups in total. The Morgan fingerprint density at radius 1 is 1.21 bits per heavy atom. The Kier molecular flexibility index (Phi) is 6.84. The van der Waals surface area contributed by atoms with Crippen LogP contribution in [-0.4, -0.2) is 65.6 Å². The first-order valence-corrected chi connectivity index (χ1v) is 11.5. The van der Waals surface area contributed by atoms with E-state index < -0.39 is 10.0 Å². The van der Waals surface area contributed by atoms with Crippen LogP contribution in [0, 0.1) is 0 Å². The molecule has 152 valence electrons. The Labute approximate surface area is 170 Å². The molecule has 1 aliphatic rings. The van der Waals surface area contributed by atoms with Gasteiger partial charge in [-0.3, -0.25) is 4.79 Å². The maximum atomic E-state index is 12.6. The first kappa shape index (κ1) is 20.9. The lowest BCUT2D eigenvalue weighted by Gasteiger charge is -2.31. The standard InChI is InChI=1S/C19H25N3O4S2/c1-21(2)28(24,25)16-7-5-15(6-8-16)19(23)20-14-17(18-4-3-13-27-18)22-9-11-26-12-10-22/h3-8,13,17H,9-12,14H2,1-2H3,(H,20,23)/p+1/t17-/m1/s1. The van der Waals surface area contributed by atoms with Crippen molar-refractivity contribution in [3.8, 4) is 0 Å². The van der Waals surface area contributed by atoms with Gasteiger partial charge in [-0.25, -0.2) is 12.7 Å². The van der Waals surface area contributed by atoms with E-state index in [0.717, 1.165) is 30.6 Å². The molecule has 1 aromatic carbocycles. The fourth-order valence-corrected chi connectivity index (χ4v) is 4.99. The average molecular weight is 425 g/mol. The average Bonchev–Trinajstić information content (AvgIpc) is 3.23. The van der Waals surface area contributed by atoms with Crippen LogP contribution in [0.5, 0.6) is 0 Å². The second kappa shape index (κ2) is 9.15. The highest BCUT2D eigenvalue weighted by Gasteiger charge is 2.27. The molecule has 0 spiro atoms. The van der Waals surface area contributed by atoms with Gasteiger partial charge in [-0.2, -0.15) is 0 Å². The van der Waals surface area contributed by atoms with Crippen LogP contribution in [0.3, 0.4) is 0 Å². The lowest BCUT2D eigenvalue weighted by Crippen LogP contribution is -3.15. The van der Waals surface area contributed by atoms with Crippen molar-refractivity contribution >= 4 is 27.3 Å². The van der Waals surface area contributed by atoms with Crippen molar-refractivity contribution < 1.29 is 22.8 Å². The third kappa shape index (κ3) is 4.79. The molecule has 0 bridgehead atoms. The quantitative estimate of drug-likeness (QED) is 0.674. The third-order valence-corrected chi connectivity index (χ3v) is 7.69. The molecule has 2 aromatic rings. The number of morpholine rings is 1. The fraction of sp³-hybridized carbons (Fsp3) is 0.421. The smallest absolute Gasteiger partial charge is 0.251 e. The largest absolute Gasteiger partial charge is 0.370 e. The first-order valence-electron chi connectivity index (χ1n) is 9.16. The molecule has 0 aliphatic carbocycles. The van der Waals surface area contributed by atoms with Crippen molar-refractivity contribution in [2.75, 3.05) is 46.9 Å². The van der Waals surface area contributed by atoms with Crippen LogP contribution in [0.15, 0.2) is 46.7 Å². The number of hydrogen-bond acceptors (Lipinski definition) is 5.